The standard InChI is InChI=1S/C23H26FN3OS/c1-14-8-18(9-15(2)25-14)13-28-19-6-5-7-27(12-19)16(3)20-10-22-23(11-21(20)24)29-17(4)26-22/h8-12,16H,5-7,13H2,1-4H3/t16-/m1/s1. The Balaban J connectivity index is 1.51. The normalized spacial score (nSPS) is 15.5. The maximum Gasteiger partial charge on any atom is 0.130 e. The van der Waals surface area contributed by atoms with E-state index in [-0.39, 0.29) is 11.9 Å². The van der Waals surface area contributed by atoms with Crippen molar-refractivity contribution >= 4 is 21.6 Å². The van der Waals surface area contributed by atoms with E-state index >= 15 is 0 Å². The highest BCUT2D eigenvalue weighted by Gasteiger charge is 2.22. The molecule has 0 radical (unpaired) electrons. The Morgan fingerprint density at radius 2 is 1.90 bits per heavy atom. The molecule has 1 atom stereocenters. The van der Waals surface area contributed by atoms with E-state index in [2.05, 4.69) is 27.0 Å². The lowest BCUT2D eigenvalue weighted by atomic mass is 10.0. The van der Waals surface area contributed by atoms with Crippen molar-refractivity contribution in [2.24, 2.45) is 0 Å². The molecular weight excluding hydrogens is 385 g/mol. The number of aryl methyl sites for hydroxylation is 3. The van der Waals surface area contributed by atoms with Crippen LogP contribution in [0.2, 0.25) is 0 Å². The van der Waals surface area contributed by atoms with Gasteiger partial charge in [0.05, 0.1) is 21.3 Å². The smallest absolute Gasteiger partial charge is 0.130 e. The van der Waals surface area contributed by atoms with E-state index in [1.165, 1.54) is 11.3 Å². The number of rotatable bonds is 5. The second-order valence-electron chi connectivity index (χ2n) is 7.73. The number of allylic oxidation sites excluding steroid dienone is 1. The summed E-state index contributed by atoms with van der Waals surface area (Å²) in [6.07, 6.45) is 3.94. The van der Waals surface area contributed by atoms with Gasteiger partial charge in [0.15, 0.2) is 0 Å². The summed E-state index contributed by atoms with van der Waals surface area (Å²) in [4.78, 5) is 11.1. The summed E-state index contributed by atoms with van der Waals surface area (Å²) in [5, 5.41) is 0.958. The van der Waals surface area contributed by atoms with Gasteiger partial charge in [-0.1, -0.05) is 0 Å². The highest BCUT2D eigenvalue weighted by Crippen LogP contribution is 2.32. The van der Waals surface area contributed by atoms with E-state index in [0.717, 1.165) is 57.3 Å². The molecule has 1 aliphatic rings. The van der Waals surface area contributed by atoms with Gasteiger partial charge in [0.25, 0.3) is 0 Å². The van der Waals surface area contributed by atoms with Gasteiger partial charge in [-0.05, 0) is 63.9 Å². The SMILES string of the molecule is Cc1cc(COC2=CN([C@H](C)c3cc4nc(C)sc4cc3F)CCC2)cc(C)n1. The summed E-state index contributed by atoms with van der Waals surface area (Å²) in [6.45, 7) is 9.39. The van der Waals surface area contributed by atoms with Crippen molar-refractivity contribution in [2.75, 3.05) is 6.54 Å². The molecule has 0 bridgehead atoms. The van der Waals surface area contributed by atoms with Crippen molar-refractivity contribution in [3.05, 3.63) is 69.6 Å². The average Bonchev–Trinajstić information content (AvgIpc) is 3.03. The topological polar surface area (TPSA) is 38.2 Å². The van der Waals surface area contributed by atoms with Crippen LogP contribution in [0.3, 0.4) is 0 Å². The van der Waals surface area contributed by atoms with Gasteiger partial charge in [0, 0.05) is 36.1 Å². The number of hydrogen-bond acceptors (Lipinski definition) is 5. The predicted molar refractivity (Wildman–Crippen MR) is 115 cm³/mol. The Morgan fingerprint density at radius 1 is 1.14 bits per heavy atom. The molecule has 0 saturated heterocycles. The molecule has 29 heavy (non-hydrogen) atoms. The Labute approximate surface area is 175 Å². The number of benzene rings is 1. The quantitative estimate of drug-likeness (QED) is 0.518. The summed E-state index contributed by atoms with van der Waals surface area (Å²) in [5.41, 5.74) is 4.67. The van der Waals surface area contributed by atoms with Gasteiger partial charge in [-0.25, -0.2) is 9.37 Å². The zero-order valence-corrected chi connectivity index (χ0v) is 18.1. The van der Waals surface area contributed by atoms with Crippen LogP contribution in [0.25, 0.3) is 10.2 Å². The number of aromatic nitrogens is 2. The molecule has 0 aliphatic carbocycles. The molecule has 2 aromatic heterocycles. The molecule has 0 saturated carbocycles. The molecule has 0 N–H and O–H groups in total. The molecule has 3 aromatic rings. The van der Waals surface area contributed by atoms with Crippen LogP contribution in [0.1, 0.15) is 53.3 Å². The minimum Gasteiger partial charge on any atom is -0.492 e. The first-order chi connectivity index (χ1) is 13.9. The number of hydrogen-bond donors (Lipinski definition) is 0. The zero-order chi connectivity index (χ0) is 20.5. The van der Waals surface area contributed by atoms with Gasteiger partial charge >= 0.3 is 0 Å². The lowest BCUT2D eigenvalue weighted by Crippen LogP contribution is -2.27. The number of pyridine rings is 1. The lowest BCUT2D eigenvalue weighted by Gasteiger charge is -2.32. The molecule has 3 heterocycles. The third-order valence-corrected chi connectivity index (χ3v) is 6.21. The fourth-order valence-corrected chi connectivity index (χ4v) is 4.76. The molecule has 0 unspecified atom stereocenters. The minimum absolute atomic E-state index is 0.0780. The van der Waals surface area contributed by atoms with Gasteiger partial charge in [0.2, 0.25) is 0 Å². The summed E-state index contributed by atoms with van der Waals surface area (Å²) in [5.74, 6) is 0.777. The summed E-state index contributed by atoms with van der Waals surface area (Å²) in [7, 11) is 0. The highest BCUT2D eigenvalue weighted by atomic mass is 32.1. The van der Waals surface area contributed by atoms with Crippen molar-refractivity contribution in [1.82, 2.24) is 14.9 Å². The number of halogens is 1. The van der Waals surface area contributed by atoms with Gasteiger partial charge in [0.1, 0.15) is 18.2 Å². The molecular formula is C23H26FN3OS. The Bertz CT molecular complexity index is 1060. The first kappa shape index (κ1) is 19.8. The monoisotopic (exact) mass is 411 g/mol. The largest absolute Gasteiger partial charge is 0.492 e. The molecule has 0 amide bonds. The maximum atomic E-state index is 14.8. The number of fused-ring (bicyclic) bond motifs is 1. The fraction of sp³-hybridized carbons (Fsp3) is 0.391. The molecule has 1 aliphatic heterocycles. The molecule has 0 fully saturated rings. The third-order valence-electron chi connectivity index (χ3n) is 5.28. The van der Waals surface area contributed by atoms with Crippen molar-refractivity contribution in [1.29, 1.82) is 0 Å². The van der Waals surface area contributed by atoms with Crippen LogP contribution in [-0.2, 0) is 11.3 Å². The maximum absolute atomic E-state index is 14.8. The predicted octanol–water partition coefficient (Wildman–Crippen LogP) is 5.97. The molecule has 6 heteroatoms. The number of nitrogens with zero attached hydrogens (tertiary/aromatic N) is 3. The van der Waals surface area contributed by atoms with E-state index in [4.69, 9.17) is 4.74 Å². The van der Waals surface area contributed by atoms with Gasteiger partial charge in [-0.2, -0.15) is 0 Å². The van der Waals surface area contributed by atoms with Gasteiger partial charge in [-0.3, -0.25) is 4.98 Å². The number of ether oxygens (including phenoxy) is 1. The van der Waals surface area contributed by atoms with E-state index in [1.54, 1.807) is 6.07 Å². The van der Waals surface area contributed by atoms with Crippen LogP contribution < -0.4 is 0 Å². The lowest BCUT2D eigenvalue weighted by molar-refractivity contribution is 0.154. The van der Waals surface area contributed by atoms with E-state index in [9.17, 15) is 4.39 Å². The Kier molecular flexibility index (Phi) is 5.54. The van der Waals surface area contributed by atoms with Crippen LogP contribution in [0.4, 0.5) is 4.39 Å². The first-order valence-electron chi connectivity index (χ1n) is 9.99. The molecule has 4 rings (SSSR count). The Hall–Kier alpha value is -2.47. The van der Waals surface area contributed by atoms with Crippen LogP contribution in [-0.4, -0.2) is 21.4 Å². The van der Waals surface area contributed by atoms with Crippen LogP contribution >= 0.6 is 11.3 Å². The van der Waals surface area contributed by atoms with Gasteiger partial charge in [-0.15, -0.1) is 11.3 Å². The van der Waals surface area contributed by atoms with Crippen LogP contribution in [0.5, 0.6) is 0 Å². The van der Waals surface area contributed by atoms with Crippen molar-refractivity contribution in [2.45, 2.75) is 53.2 Å². The second kappa shape index (κ2) is 8.11. The molecule has 152 valence electrons. The third kappa shape index (κ3) is 4.42. The molecule has 4 nitrogen and oxygen atoms in total. The molecule has 1 aromatic carbocycles. The summed E-state index contributed by atoms with van der Waals surface area (Å²) in [6, 6.07) is 7.54. The van der Waals surface area contributed by atoms with Crippen molar-refractivity contribution in [3.63, 3.8) is 0 Å². The fourth-order valence-electron chi connectivity index (χ4n) is 3.92. The summed E-state index contributed by atoms with van der Waals surface area (Å²) < 4.78 is 21.8. The van der Waals surface area contributed by atoms with Gasteiger partial charge < -0.3 is 9.64 Å². The highest BCUT2D eigenvalue weighted by molar-refractivity contribution is 7.18. The zero-order valence-electron chi connectivity index (χ0n) is 17.3. The van der Waals surface area contributed by atoms with Crippen molar-refractivity contribution < 1.29 is 9.13 Å². The van der Waals surface area contributed by atoms with Crippen molar-refractivity contribution in [3.8, 4) is 0 Å². The summed E-state index contributed by atoms with van der Waals surface area (Å²) >= 11 is 1.53. The second-order valence-corrected chi connectivity index (χ2v) is 8.97. The minimum atomic E-state index is -0.169. The Morgan fingerprint density at radius 3 is 2.66 bits per heavy atom. The van der Waals surface area contributed by atoms with Crippen LogP contribution in [0, 0.1) is 26.6 Å². The van der Waals surface area contributed by atoms with E-state index in [1.807, 2.05) is 40.0 Å². The van der Waals surface area contributed by atoms with E-state index in [0.29, 0.717) is 12.2 Å². The molecule has 0 spiro atoms. The van der Waals surface area contributed by atoms with E-state index < -0.39 is 0 Å². The van der Waals surface area contributed by atoms with Crippen LogP contribution in [0.15, 0.2) is 36.2 Å². The number of thiazole rings is 1. The average molecular weight is 412 g/mol. The first-order valence-corrected chi connectivity index (χ1v) is 10.8.